The maximum absolute atomic E-state index is 13.8. The molecule has 0 heterocycles. The Balaban J connectivity index is 1.93. The number of rotatable bonds is 6. The van der Waals surface area contributed by atoms with E-state index in [2.05, 4.69) is 4.99 Å². The molecule has 1 fully saturated rings. The molecule has 0 unspecified atom stereocenters. The molecule has 0 aromatic heterocycles. The van der Waals surface area contributed by atoms with Crippen LogP contribution in [0.25, 0.3) is 5.76 Å². The first kappa shape index (κ1) is 25.4. The van der Waals surface area contributed by atoms with Gasteiger partial charge in [0.1, 0.15) is 17.1 Å². The van der Waals surface area contributed by atoms with Crippen LogP contribution in [0, 0.1) is 11.8 Å². The topological polar surface area (TPSA) is 163 Å². The van der Waals surface area contributed by atoms with Crippen molar-refractivity contribution in [1.82, 2.24) is 0 Å². The van der Waals surface area contributed by atoms with Gasteiger partial charge in [-0.3, -0.25) is 19.4 Å². The van der Waals surface area contributed by atoms with Gasteiger partial charge < -0.3 is 30.7 Å². The number of aliphatic imine (C=N–C) groups is 1. The normalized spacial score (nSPS) is 26.5. The Morgan fingerprint density at radius 2 is 1.92 bits per heavy atom. The molecule has 10 nitrogen and oxygen atoms in total. The number of nitrogens with zero attached hydrogens (tertiary/aromatic N) is 2. The lowest BCUT2D eigenvalue weighted by molar-refractivity contribution is -0.153. The number of allylic oxidation sites excluding steroid dienone is 1. The van der Waals surface area contributed by atoms with Gasteiger partial charge in [0.25, 0.3) is 5.91 Å². The van der Waals surface area contributed by atoms with E-state index in [4.69, 9.17) is 10.5 Å². The van der Waals surface area contributed by atoms with Crippen molar-refractivity contribution < 1.29 is 34.4 Å². The van der Waals surface area contributed by atoms with Crippen molar-refractivity contribution in [3.63, 3.8) is 0 Å². The van der Waals surface area contributed by atoms with E-state index >= 15 is 0 Å². The molecule has 1 aromatic carbocycles. The second kappa shape index (κ2) is 9.09. The largest absolute Gasteiger partial charge is 0.507 e. The van der Waals surface area contributed by atoms with Crippen LogP contribution in [0.1, 0.15) is 37.3 Å². The number of unbranched alkanes of at least 4 members (excludes halogenated alkanes) is 1. The summed E-state index contributed by atoms with van der Waals surface area (Å²) in [6, 6.07) is 3.61. The number of amides is 1. The number of hydrogen-bond donors (Lipinski definition) is 4. The number of aliphatic hydroxyl groups is 3. The van der Waals surface area contributed by atoms with Crippen molar-refractivity contribution >= 4 is 34.6 Å². The molecule has 0 saturated heterocycles. The molecule has 0 spiro atoms. The molecule has 3 atom stereocenters. The monoisotopic (exact) mass is 497 g/mol. The number of aliphatic hydroxyl groups excluding tert-OH is 2. The van der Waals surface area contributed by atoms with Crippen LogP contribution in [0.3, 0.4) is 0 Å². The molecule has 3 aliphatic carbocycles. The molecule has 0 radical (unpaired) electrons. The summed E-state index contributed by atoms with van der Waals surface area (Å²) in [7, 11) is 5.06. The third-order valence-corrected chi connectivity index (χ3v) is 7.32. The van der Waals surface area contributed by atoms with E-state index in [1.165, 1.54) is 7.05 Å². The van der Waals surface area contributed by atoms with E-state index in [-0.39, 0.29) is 23.5 Å². The number of hydrogen-bond acceptors (Lipinski definition) is 9. The molecule has 192 valence electrons. The highest BCUT2D eigenvalue weighted by Crippen LogP contribution is 2.52. The Hall–Kier alpha value is -3.66. The highest BCUT2D eigenvalue weighted by Gasteiger charge is 2.63. The average Bonchev–Trinajstić information content (AvgIpc) is 2.81. The summed E-state index contributed by atoms with van der Waals surface area (Å²) >= 11 is 0. The summed E-state index contributed by atoms with van der Waals surface area (Å²) in [5, 5.41) is 33.6. The molecule has 36 heavy (non-hydrogen) atoms. The fourth-order valence-electron chi connectivity index (χ4n) is 5.59. The molecule has 5 N–H and O–H groups in total. The van der Waals surface area contributed by atoms with E-state index in [0.29, 0.717) is 24.3 Å². The summed E-state index contributed by atoms with van der Waals surface area (Å²) in [4.78, 5) is 44.9. The third-order valence-electron chi connectivity index (χ3n) is 7.32. The minimum atomic E-state index is -2.73. The van der Waals surface area contributed by atoms with E-state index in [1.54, 1.807) is 6.07 Å². The number of primary amides is 1. The number of carbonyl (C=O) groups is 3. The number of Topliss-reactive ketones (excluding diaryl/α,β-unsaturated/α-hetero) is 2. The van der Waals surface area contributed by atoms with Crippen LogP contribution in [0.15, 0.2) is 34.0 Å². The summed E-state index contributed by atoms with van der Waals surface area (Å²) in [5.41, 5.74) is 3.39. The average molecular weight is 498 g/mol. The van der Waals surface area contributed by atoms with Crippen molar-refractivity contribution in [2.45, 2.75) is 38.2 Å². The van der Waals surface area contributed by atoms with Crippen LogP contribution in [0.2, 0.25) is 0 Å². The van der Waals surface area contributed by atoms with E-state index in [9.17, 15) is 29.7 Å². The lowest BCUT2D eigenvalue weighted by atomic mass is 9.58. The van der Waals surface area contributed by atoms with Crippen LogP contribution < -0.4 is 15.4 Å². The number of ether oxygens (including phenoxy) is 1. The van der Waals surface area contributed by atoms with Crippen LogP contribution in [-0.2, 0) is 20.8 Å². The first-order valence-electron chi connectivity index (χ1n) is 11.9. The van der Waals surface area contributed by atoms with Crippen molar-refractivity contribution in [2.24, 2.45) is 22.6 Å². The van der Waals surface area contributed by atoms with Gasteiger partial charge >= 0.3 is 0 Å². The summed E-state index contributed by atoms with van der Waals surface area (Å²) in [6.45, 7) is 2.44. The number of anilines is 1. The Labute approximate surface area is 208 Å². The third kappa shape index (κ3) is 3.50. The van der Waals surface area contributed by atoms with Crippen LogP contribution in [0.5, 0.6) is 5.75 Å². The van der Waals surface area contributed by atoms with Gasteiger partial charge in [0.05, 0.1) is 17.9 Å². The second-order valence-corrected chi connectivity index (χ2v) is 9.61. The Kier molecular flexibility index (Phi) is 6.42. The zero-order valence-corrected chi connectivity index (χ0v) is 20.8. The number of ketones is 2. The predicted molar refractivity (Wildman–Crippen MR) is 133 cm³/mol. The van der Waals surface area contributed by atoms with Crippen LogP contribution in [-0.4, -0.2) is 71.9 Å². The summed E-state index contributed by atoms with van der Waals surface area (Å²) < 4.78 is 5.94. The molecule has 0 aliphatic heterocycles. The zero-order chi connectivity index (χ0) is 26.5. The van der Waals surface area contributed by atoms with Gasteiger partial charge in [-0.15, -0.1) is 0 Å². The first-order chi connectivity index (χ1) is 17.0. The number of benzene rings is 1. The van der Waals surface area contributed by atoms with Gasteiger partial charge in [-0.25, -0.2) is 0 Å². The molecule has 1 amide bonds. The SMILES string of the molecule is CCCCOc1ccc(N(C)C)c2c1C(O)=C1C(=O)[C@]3(O)C(=O)C(C(N)=O)=C(O)C(=NC)[C@@H]3C[C@@H]1C2. The van der Waals surface area contributed by atoms with Gasteiger partial charge in [0.15, 0.2) is 11.4 Å². The van der Waals surface area contributed by atoms with Gasteiger partial charge in [-0.2, -0.15) is 0 Å². The highest BCUT2D eigenvalue weighted by molar-refractivity contribution is 6.38. The predicted octanol–water partition coefficient (Wildman–Crippen LogP) is 1.64. The fraction of sp³-hybridized carbons (Fsp3) is 0.462. The lowest BCUT2D eigenvalue weighted by Gasteiger charge is -2.46. The van der Waals surface area contributed by atoms with E-state index in [1.807, 2.05) is 32.0 Å². The Bertz CT molecular complexity index is 1260. The molecule has 0 bridgehead atoms. The van der Waals surface area contributed by atoms with Gasteiger partial charge in [-0.05, 0) is 42.9 Å². The summed E-state index contributed by atoms with van der Waals surface area (Å²) in [6.07, 6.45) is 2.06. The lowest BCUT2D eigenvalue weighted by Crippen LogP contribution is -2.64. The van der Waals surface area contributed by atoms with E-state index < -0.39 is 46.2 Å². The van der Waals surface area contributed by atoms with Crippen molar-refractivity contribution in [3.8, 4) is 5.75 Å². The number of carbonyl (C=O) groups excluding carboxylic acids is 3. The zero-order valence-electron chi connectivity index (χ0n) is 20.8. The smallest absolute Gasteiger partial charge is 0.256 e. The fourth-order valence-corrected chi connectivity index (χ4v) is 5.59. The maximum atomic E-state index is 13.8. The number of fused-ring (bicyclic) bond motifs is 3. The van der Waals surface area contributed by atoms with Gasteiger partial charge in [0, 0.05) is 38.3 Å². The minimum Gasteiger partial charge on any atom is -0.507 e. The van der Waals surface area contributed by atoms with Crippen molar-refractivity contribution in [1.29, 1.82) is 0 Å². The molecule has 3 aliphatic rings. The molecular weight excluding hydrogens is 466 g/mol. The first-order valence-corrected chi connectivity index (χ1v) is 11.9. The van der Waals surface area contributed by atoms with Crippen LogP contribution in [0.4, 0.5) is 5.69 Å². The standard InChI is InChI=1S/C26H31N3O7/c1-5-6-9-36-16-8-7-15(29(3)4)13-10-12-11-14-20(28-2)22(31)19(25(27)34)24(33)26(14,35)23(32)17(12)21(30)18(13)16/h7-8,12,14,30-31,35H,5-6,9-11H2,1-4H3,(H2,27,34)/t12-,14-,26-/m0/s1. The Morgan fingerprint density at radius 3 is 2.50 bits per heavy atom. The molecular formula is C26H31N3O7. The van der Waals surface area contributed by atoms with Crippen molar-refractivity contribution in [2.75, 3.05) is 32.6 Å². The second-order valence-electron chi connectivity index (χ2n) is 9.61. The van der Waals surface area contributed by atoms with Gasteiger partial charge in [0.2, 0.25) is 11.6 Å². The molecule has 1 aromatic rings. The van der Waals surface area contributed by atoms with Crippen molar-refractivity contribution in [3.05, 3.63) is 40.2 Å². The minimum absolute atomic E-state index is 0.0311. The molecule has 4 rings (SSSR count). The summed E-state index contributed by atoms with van der Waals surface area (Å²) in [5.74, 6) is -6.08. The Morgan fingerprint density at radius 1 is 1.22 bits per heavy atom. The molecule has 10 heteroatoms. The maximum Gasteiger partial charge on any atom is 0.256 e. The van der Waals surface area contributed by atoms with Gasteiger partial charge in [-0.1, -0.05) is 13.3 Å². The number of nitrogens with two attached hydrogens (primary N) is 1. The quantitative estimate of drug-likeness (QED) is 0.262. The van der Waals surface area contributed by atoms with Crippen LogP contribution >= 0.6 is 0 Å². The van der Waals surface area contributed by atoms with E-state index in [0.717, 1.165) is 24.1 Å². The highest BCUT2D eigenvalue weighted by atomic mass is 16.5. The molecule has 1 saturated carbocycles.